The Hall–Kier alpha value is -2.85. The van der Waals surface area contributed by atoms with E-state index >= 15 is 0 Å². The molecule has 0 unspecified atom stereocenters. The summed E-state index contributed by atoms with van der Waals surface area (Å²) in [5.74, 6) is -1.04. The Balaban J connectivity index is 2.00. The maximum atomic E-state index is 12.7. The van der Waals surface area contributed by atoms with Gasteiger partial charge in [0.25, 0.3) is 10.0 Å². The van der Waals surface area contributed by atoms with Crippen molar-refractivity contribution in [1.29, 1.82) is 5.26 Å². The van der Waals surface area contributed by atoms with E-state index in [1.54, 1.807) is 0 Å². The molecule has 0 aliphatic carbocycles. The van der Waals surface area contributed by atoms with Crippen LogP contribution in [-0.4, -0.2) is 26.0 Å². The molecule has 1 aliphatic heterocycles. The molecule has 0 bridgehead atoms. The van der Waals surface area contributed by atoms with Crippen molar-refractivity contribution in [3.05, 3.63) is 59.2 Å². The Morgan fingerprint density at radius 2 is 1.87 bits per heavy atom. The molecule has 0 atom stereocenters. The van der Waals surface area contributed by atoms with Crippen LogP contribution >= 0.6 is 0 Å². The van der Waals surface area contributed by atoms with E-state index < -0.39 is 16.0 Å². The van der Waals surface area contributed by atoms with E-state index in [2.05, 4.69) is 0 Å². The molecule has 0 amide bonds. The molecule has 0 saturated heterocycles. The van der Waals surface area contributed by atoms with Gasteiger partial charge in [0.2, 0.25) is 0 Å². The summed E-state index contributed by atoms with van der Waals surface area (Å²) in [5.41, 5.74) is 1.72. The molecule has 2 aromatic rings. The Kier molecular flexibility index (Phi) is 3.54. The first-order valence-electron chi connectivity index (χ1n) is 6.82. The second kappa shape index (κ2) is 5.41. The van der Waals surface area contributed by atoms with Crippen LogP contribution < -0.4 is 4.31 Å². The number of nitrogens with zero attached hydrogens (tertiary/aromatic N) is 2. The molecule has 0 spiro atoms. The summed E-state index contributed by atoms with van der Waals surface area (Å²) in [7, 11) is -3.73. The Morgan fingerprint density at radius 1 is 1.17 bits per heavy atom. The first kappa shape index (κ1) is 15.1. The van der Waals surface area contributed by atoms with Gasteiger partial charge >= 0.3 is 5.97 Å². The van der Waals surface area contributed by atoms with Crippen LogP contribution in [0.5, 0.6) is 0 Å². The number of benzene rings is 2. The van der Waals surface area contributed by atoms with Gasteiger partial charge in [-0.25, -0.2) is 13.2 Å². The van der Waals surface area contributed by atoms with E-state index in [9.17, 15) is 13.2 Å². The molecular formula is C16H12N2O4S. The van der Waals surface area contributed by atoms with Gasteiger partial charge in [0.1, 0.15) is 0 Å². The molecule has 0 aromatic heterocycles. The number of carbonyl (C=O) groups is 1. The molecular weight excluding hydrogens is 316 g/mol. The second-order valence-electron chi connectivity index (χ2n) is 5.11. The zero-order chi connectivity index (χ0) is 16.6. The largest absolute Gasteiger partial charge is 0.478 e. The predicted molar refractivity (Wildman–Crippen MR) is 82.8 cm³/mol. The van der Waals surface area contributed by atoms with Crippen LogP contribution in [0.1, 0.15) is 21.5 Å². The molecule has 6 nitrogen and oxygen atoms in total. The number of rotatable bonds is 3. The lowest BCUT2D eigenvalue weighted by Gasteiger charge is -2.19. The molecule has 1 heterocycles. The van der Waals surface area contributed by atoms with E-state index in [0.717, 1.165) is 0 Å². The summed E-state index contributed by atoms with van der Waals surface area (Å²) < 4.78 is 26.8. The Morgan fingerprint density at radius 3 is 2.48 bits per heavy atom. The highest BCUT2D eigenvalue weighted by molar-refractivity contribution is 7.92. The van der Waals surface area contributed by atoms with Gasteiger partial charge in [0.15, 0.2) is 0 Å². The van der Waals surface area contributed by atoms with E-state index in [1.165, 1.54) is 46.8 Å². The van der Waals surface area contributed by atoms with Crippen molar-refractivity contribution < 1.29 is 18.3 Å². The number of sulfonamides is 1. The molecule has 1 N–H and O–H groups in total. The van der Waals surface area contributed by atoms with Gasteiger partial charge < -0.3 is 5.11 Å². The van der Waals surface area contributed by atoms with Crippen molar-refractivity contribution in [2.75, 3.05) is 10.8 Å². The number of hydrogen-bond acceptors (Lipinski definition) is 4. The van der Waals surface area contributed by atoms with Crippen LogP contribution in [0, 0.1) is 11.3 Å². The van der Waals surface area contributed by atoms with Gasteiger partial charge in [0, 0.05) is 6.54 Å². The zero-order valence-electron chi connectivity index (χ0n) is 11.9. The van der Waals surface area contributed by atoms with E-state index in [1.807, 2.05) is 6.07 Å². The van der Waals surface area contributed by atoms with Gasteiger partial charge in [-0.15, -0.1) is 0 Å². The highest BCUT2D eigenvalue weighted by Gasteiger charge is 2.31. The van der Waals surface area contributed by atoms with E-state index in [-0.39, 0.29) is 17.0 Å². The predicted octanol–water partition coefficient (Wildman–Crippen LogP) is 2.01. The minimum absolute atomic E-state index is 0.103. The summed E-state index contributed by atoms with van der Waals surface area (Å²) in [4.78, 5) is 11.1. The topological polar surface area (TPSA) is 98.5 Å². The van der Waals surface area contributed by atoms with Gasteiger partial charge in [-0.2, -0.15) is 5.26 Å². The fraction of sp³-hybridized carbons (Fsp3) is 0.125. The SMILES string of the molecule is N#Cc1ccc(S(=O)(=O)N2CCc3cc(C(=O)O)ccc32)cc1. The molecule has 1 aliphatic rings. The van der Waals surface area contributed by atoms with Crippen LogP contribution in [0.25, 0.3) is 0 Å². The quantitative estimate of drug-likeness (QED) is 0.929. The van der Waals surface area contributed by atoms with Crippen LogP contribution in [0.15, 0.2) is 47.4 Å². The lowest BCUT2D eigenvalue weighted by molar-refractivity contribution is 0.0697. The fourth-order valence-electron chi connectivity index (χ4n) is 2.58. The third kappa shape index (κ3) is 2.53. The van der Waals surface area contributed by atoms with Crippen molar-refractivity contribution in [1.82, 2.24) is 0 Å². The number of anilines is 1. The van der Waals surface area contributed by atoms with Crippen molar-refractivity contribution >= 4 is 21.7 Å². The maximum Gasteiger partial charge on any atom is 0.335 e. The normalized spacial score (nSPS) is 13.4. The molecule has 0 fully saturated rings. The minimum Gasteiger partial charge on any atom is -0.478 e. The summed E-state index contributed by atoms with van der Waals surface area (Å²) in [6.07, 6.45) is 0.464. The summed E-state index contributed by atoms with van der Waals surface area (Å²) in [6.45, 7) is 0.265. The lowest BCUT2D eigenvalue weighted by Crippen LogP contribution is -2.29. The zero-order valence-corrected chi connectivity index (χ0v) is 12.7. The molecule has 0 radical (unpaired) electrons. The fourth-order valence-corrected chi connectivity index (χ4v) is 4.09. The second-order valence-corrected chi connectivity index (χ2v) is 6.97. The van der Waals surface area contributed by atoms with E-state index in [0.29, 0.717) is 23.2 Å². The van der Waals surface area contributed by atoms with Crippen LogP contribution in [0.3, 0.4) is 0 Å². The third-order valence-electron chi connectivity index (χ3n) is 3.75. The molecule has 0 saturated carbocycles. The molecule has 116 valence electrons. The lowest BCUT2D eigenvalue weighted by atomic mass is 10.1. The van der Waals surface area contributed by atoms with E-state index in [4.69, 9.17) is 10.4 Å². The Bertz CT molecular complexity index is 928. The average molecular weight is 328 g/mol. The number of fused-ring (bicyclic) bond motifs is 1. The molecule has 3 rings (SSSR count). The smallest absolute Gasteiger partial charge is 0.335 e. The van der Waals surface area contributed by atoms with Gasteiger partial charge in [-0.05, 0) is 54.4 Å². The first-order valence-corrected chi connectivity index (χ1v) is 8.26. The van der Waals surface area contributed by atoms with Crippen molar-refractivity contribution in [2.24, 2.45) is 0 Å². The first-order chi connectivity index (χ1) is 10.9. The highest BCUT2D eigenvalue weighted by atomic mass is 32.2. The van der Waals surface area contributed by atoms with Gasteiger partial charge in [-0.1, -0.05) is 0 Å². The molecule has 2 aromatic carbocycles. The van der Waals surface area contributed by atoms with Crippen LogP contribution in [0.4, 0.5) is 5.69 Å². The number of carboxylic acid groups (broad SMARTS) is 1. The van der Waals surface area contributed by atoms with Crippen molar-refractivity contribution in [3.8, 4) is 6.07 Å². The van der Waals surface area contributed by atoms with Crippen LogP contribution in [-0.2, 0) is 16.4 Å². The third-order valence-corrected chi connectivity index (χ3v) is 5.58. The number of nitriles is 1. The van der Waals surface area contributed by atoms with Gasteiger partial charge in [0.05, 0.1) is 27.8 Å². The maximum absolute atomic E-state index is 12.7. The molecule has 7 heteroatoms. The number of carboxylic acids is 1. The highest BCUT2D eigenvalue weighted by Crippen LogP contribution is 2.33. The standard InChI is InChI=1S/C16H12N2O4S/c17-10-11-1-4-14(5-2-11)23(21,22)18-8-7-12-9-13(16(19)20)3-6-15(12)18/h1-6,9H,7-8H2,(H,19,20). The Labute approximate surface area is 133 Å². The summed E-state index contributed by atoms with van der Waals surface area (Å²) in [6, 6.07) is 12.1. The van der Waals surface area contributed by atoms with Crippen LogP contribution in [0.2, 0.25) is 0 Å². The van der Waals surface area contributed by atoms with Gasteiger partial charge in [-0.3, -0.25) is 4.31 Å². The summed E-state index contributed by atoms with van der Waals surface area (Å²) in [5, 5.41) is 17.8. The average Bonchev–Trinajstić information content (AvgIpc) is 2.98. The summed E-state index contributed by atoms with van der Waals surface area (Å²) >= 11 is 0. The van der Waals surface area contributed by atoms with Crippen molar-refractivity contribution in [3.63, 3.8) is 0 Å². The minimum atomic E-state index is -3.73. The monoisotopic (exact) mass is 328 g/mol. The van der Waals surface area contributed by atoms with Crippen molar-refractivity contribution in [2.45, 2.75) is 11.3 Å². The number of hydrogen-bond donors (Lipinski definition) is 1. The number of aromatic carboxylic acids is 1. The molecule has 23 heavy (non-hydrogen) atoms.